The van der Waals surface area contributed by atoms with Crippen LogP contribution in [0.2, 0.25) is 0 Å². The number of aliphatic hydroxyl groups excluding tert-OH is 1. The molecule has 31 heavy (non-hydrogen) atoms. The summed E-state index contributed by atoms with van der Waals surface area (Å²) in [4.78, 5) is 0. The van der Waals surface area contributed by atoms with Gasteiger partial charge in [0.25, 0.3) is 0 Å². The van der Waals surface area contributed by atoms with Gasteiger partial charge in [0.2, 0.25) is 0 Å². The molecule has 0 amide bonds. The van der Waals surface area contributed by atoms with Crippen LogP contribution in [0.25, 0.3) is 0 Å². The Morgan fingerprint density at radius 2 is 1.61 bits per heavy atom. The van der Waals surface area contributed by atoms with Crippen molar-refractivity contribution in [3.8, 4) is 0 Å². The molecule has 1 N–H and O–H groups in total. The molecule has 0 aromatic heterocycles. The SMILES string of the molecule is CC(C)C(/C=C\[C@@H](C)[C@H]1CC[C@H]2[C@@H]3CC=C4C[C@@H](O)CC[C@]4(C)[C@H]3CC[C@]12C)C(C)C. The van der Waals surface area contributed by atoms with Gasteiger partial charge in [0, 0.05) is 0 Å². The average Bonchev–Trinajstić information content (AvgIpc) is 3.05. The first-order chi connectivity index (χ1) is 14.6. The summed E-state index contributed by atoms with van der Waals surface area (Å²) in [6.07, 6.45) is 17.8. The van der Waals surface area contributed by atoms with Crippen LogP contribution in [0.1, 0.15) is 99.8 Å². The summed E-state index contributed by atoms with van der Waals surface area (Å²) in [5.41, 5.74) is 2.50. The fraction of sp³-hybridized carbons (Fsp3) is 0.867. The minimum atomic E-state index is -0.0891. The second-order valence-electron chi connectivity index (χ2n) is 13.2. The molecule has 0 saturated heterocycles. The number of allylic oxidation sites excluding steroid dienone is 3. The second-order valence-corrected chi connectivity index (χ2v) is 13.2. The van der Waals surface area contributed by atoms with E-state index in [-0.39, 0.29) is 6.10 Å². The monoisotopic (exact) mass is 426 g/mol. The first-order valence-corrected chi connectivity index (χ1v) is 13.6. The van der Waals surface area contributed by atoms with Crippen LogP contribution in [-0.4, -0.2) is 11.2 Å². The molecular formula is C30H50O. The van der Waals surface area contributed by atoms with Crippen LogP contribution < -0.4 is 0 Å². The third-order valence-electron chi connectivity index (χ3n) is 11.0. The van der Waals surface area contributed by atoms with Crippen LogP contribution in [0.3, 0.4) is 0 Å². The lowest BCUT2D eigenvalue weighted by Crippen LogP contribution is -2.50. The van der Waals surface area contributed by atoms with Crippen LogP contribution in [0.4, 0.5) is 0 Å². The summed E-state index contributed by atoms with van der Waals surface area (Å²) in [6.45, 7) is 17.3. The predicted molar refractivity (Wildman–Crippen MR) is 133 cm³/mol. The van der Waals surface area contributed by atoms with E-state index in [0.717, 1.165) is 48.3 Å². The van der Waals surface area contributed by atoms with Crippen LogP contribution in [0, 0.1) is 58.2 Å². The van der Waals surface area contributed by atoms with E-state index in [1.54, 1.807) is 5.57 Å². The molecule has 0 heterocycles. The molecule has 3 fully saturated rings. The molecule has 8 atom stereocenters. The predicted octanol–water partition coefficient (Wildman–Crippen LogP) is 8.05. The van der Waals surface area contributed by atoms with Gasteiger partial charge >= 0.3 is 0 Å². The van der Waals surface area contributed by atoms with E-state index in [2.05, 4.69) is 66.7 Å². The molecular weight excluding hydrogens is 376 g/mol. The zero-order valence-corrected chi connectivity index (χ0v) is 21.5. The Balaban J connectivity index is 1.52. The Morgan fingerprint density at radius 1 is 0.903 bits per heavy atom. The summed E-state index contributed by atoms with van der Waals surface area (Å²) >= 11 is 0. The molecule has 0 bridgehead atoms. The summed E-state index contributed by atoms with van der Waals surface area (Å²) in [6, 6.07) is 0. The van der Waals surface area contributed by atoms with Gasteiger partial charge in [0.15, 0.2) is 0 Å². The molecule has 1 nitrogen and oxygen atoms in total. The molecule has 0 unspecified atom stereocenters. The molecule has 0 spiro atoms. The summed E-state index contributed by atoms with van der Waals surface area (Å²) < 4.78 is 0. The van der Waals surface area contributed by atoms with E-state index in [4.69, 9.17) is 0 Å². The first kappa shape index (κ1) is 23.6. The molecule has 176 valence electrons. The Bertz CT molecular complexity index is 693. The summed E-state index contributed by atoms with van der Waals surface area (Å²) in [5, 5.41) is 10.3. The van der Waals surface area contributed by atoms with Crippen molar-refractivity contribution in [1.29, 1.82) is 0 Å². The summed E-state index contributed by atoms with van der Waals surface area (Å²) in [5.74, 6) is 6.33. The highest BCUT2D eigenvalue weighted by atomic mass is 16.3. The molecule has 0 radical (unpaired) electrons. The van der Waals surface area contributed by atoms with Gasteiger partial charge in [0.1, 0.15) is 0 Å². The Labute approximate surface area is 193 Å². The third-order valence-corrected chi connectivity index (χ3v) is 11.0. The molecule has 4 aliphatic rings. The molecule has 3 saturated carbocycles. The van der Waals surface area contributed by atoms with Crippen molar-refractivity contribution in [2.45, 2.75) is 106 Å². The molecule has 0 aromatic rings. The van der Waals surface area contributed by atoms with E-state index < -0.39 is 0 Å². The number of fused-ring (bicyclic) bond motifs is 5. The fourth-order valence-corrected chi connectivity index (χ4v) is 9.20. The standard InChI is InChI=1S/C30H50O/c1-19(2)24(20(3)4)10-8-21(5)26-12-13-27-25-11-9-22-18-23(31)14-16-29(22,6)28(25)15-17-30(26,27)7/h8-10,19-21,23-28,31H,11-18H2,1-7H3/b10-8-/t21-,23+,25+,26-,27+,28+,29+,30-/m1/s1. The van der Waals surface area contributed by atoms with E-state index in [0.29, 0.717) is 22.7 Å². The maximum absolute atomic E-state index is 10.3. The van der Waals surface area contributed by atoms with Gasteiger partial charge in [-0.2, -0.15) is 0 Å². The first-order valence-electron chi connectivity index (χ1n) is 13.6. The number of aliphatic hydroxyl groups is 1. The molecule has 1 heteroatoms. The highest BCUT2D eigenvalue weighted by Gasteiger charge is 2.58. The number of hydrogen-bond donors (Lipinski definition) is 1. The van der Waals surface area contributed by atoms with Gasteiger partial charge in [-0.3, -0.25) is 0 Å². The minimum Gasteiger partial charge on any atom is -0.393 e. The zero-order valence-electron chi connectivity index (χ0n) is 21.5. The molecule has 4 aliphatic carbocycles. The largest absolute Gasteiger partial charge is 0.393 e. The van der Waals surface area contributed by atoms with E-state index in [9.17, 15) is 5.11 Å². The lowest BCUT2D eigenvalue weighted by Gasteiger charge is -2.58. The Kier molecular flexibility index (Phi) is 6.59. The highest BCUT2D eigenvalue weighted by Crippen LogP contribution is 2.67. The minimum absolute atomic E-state index is 0.0891. The van der Waals surface area contributed by atoms with Crippen molar-refractivity contribution in [2.75, 3.05) is 0 Å². The molecule has 0 aliphatic heterocycles. The van der Waals surface area contributed by atoms with Crippen LogP contribution in [0.15, 0.2) is 23.8 Å². The van der Waals surface area contributed by atoms with Gasteiger partial charge in [-0.25, -0.2) is 0 Å². The van der Waals surface area contributed by atoms with Gasteiger partial charge in [0.05, 0.1) is 6.10 Å². The van der Waals surface area contributed by atoms with Gasteiger partial charge in [-0.05, 0) is 110 Å². The summed E-state index contributed by atoms with van der Waals surface area (Å²) in [7, 11) is 0. The van der Waals surface area contributed by atoms with Crippen molar-refractivity contribution in [3.63, 3.8) is 0 Å². The average molecular weight is 427 g/mol. The maximum Gasteiger partial charge on any atom is 0.0577 e. The lowest BCUT2D eigenvalue weighted by atomic mass is 9.47. The van der Waals surface area contributed by atoms with Gasteiger partial charge in [-0.1, -0.05) is 72.3 Å². The van der Waals surface area contributed by atoms with Crippen molar-refractivity contribution in [1.82, 2.24) is 0 Å². The Hall–Kier alpha value is -0.560. The lowest BCUT2D eigenvalue weighted by molar-refractivity contribution is -0.0540. The topological polar surface area (TPSA) is 20.2 Å². The van der Waals surface area contributed by atoms with E-state index >= 15 is 0 Å². The zero-order chi connectivity index (χ0) is 22.6. The maximum atomic E-state index is 10.3. The van der Waals surface area contributed by atoms with Gasteiger partial charge in [-0.15, -0.1) is 0 Å². The highest BCUT2D eigenvalue weighted by molar-refractivity contribution is 5.25. The number of rotatable bonds is 5. The van der Waals surface area contributed by atoms with Crippen molar-refractivity contribution < 1.29 is 5.11 Å². The van der Waals surface area contributed by atoms with Crippen molar-refractivity contribution >= 4 is 0 Å². The fourth-order valence-electron chi connectivity index (χ4n) is 9.20. The molecule has 0 aromatic carbocycles. The van der Waals surface area contributed by atoms with Crippen LogP contribution in [0.5, 0.6) is 0 Å². The quantitative estimate of drug-likeness (QED) is 0.441. The van der Waals surface area contributed by atoms with Crippen molar-refractivity contribution in [3.05, 3.63) is 23.8 Å². The Morgan fingerprint density at radius 3 is 2.29 bits per heavy atom. The normalized spacial score (nSPS) is 43.8. The smallest absolute Gasteiger partial charge is 0.0577 e. The van der Waals surface area contributed by atoms with Crippen LogP contribution in [-0.2, 0) is 0 Å². The van der Waals surface area contributed by atoms with Crippen molar-refractivity contribution in [2.24, 2.45) is 58.2 Å². The van der Waals surface area contributed by atoms with Crippen LogP contribution >= 0.6 is 0 Å². The van der Waals surface area contributed by atoms with Gasteiger partial charge < -0.3 is 5.11 Å². The third kappa shape index (κ3) is 4.00. The van der Waals surface area contributed by atoms with E-state index in [1.165, 1.54) is 38.5 Å². The number of hydrogen-bond acceptors (Lipinski definition) is 1. The molecule has 4 rings (SSSR count). The van der Waals surface area contributed by atoms with E-state index in [1.807, 2.05) is 0 Å². The second kappa shape index (κ2) is 8.66.